The summed E-state index contributed by atoms with van der Waals surface area (Å²) < 4.78 is 1.53. The highest BCUT2D eigenvalue weighted by Crippen LogP contribution is 2.53. The molecule has 4 bridgehead atoms. The largest absolute Gasteiger partial charge is 0.506 e. The van der Waals surface area contributed by atoms with E-state index in [1.54, 1.807) is 0 Å². The molecule has 2 nitrogen and oxygen atoms in total. The maximum atomic E-state index is 9.80. The second-order valence-electron chi connectivity index (χ2n) is 7.25. The lowest BCUT2D eigenvalue weighted by atomic mass is 9.54. The van der Waals surface area contributed by atoms with Crippen LogP contribution in [0, 0.1) is 23.7 Å². The van der Waals surface area contributed by atoms with Gasteiger partial charge in [0.25, 0.3) is 0 Å². The van der Waals surface area contributed by atoms with Crippen molar-refractivity contribution < 1.29 is 5.11 Å². The van der Waals surface area contributed by atoms with Crippen molar-refractivity contribution in [3.8, 4) is 5.75 Å². The molecule has 0 spiro atoms. The van der Waals surface area contributed by atoms with Gasteiger partial charge in [-0.25, -0.2) is 0 Å². The fourth-order valence-electron chi connectivity index (χ4n) is 5.21. The Morgan fingerprint density at radius 1 is 0.952 bits per heavy atom. The second-order valence-corrected chi connectivity index (χ2v) is 8.95. The topological polar surface area (TPSA) is 32.3 Å². The van der Waals surface area contributed by atoms with E-state index in [0.717, 1.165) is 39.2 Å². The van der Waals surface area contributed by atoms with Crippen LogP contribution in [0.25, 0.3) is 0 Å². The minimum Gasteiger partial charge on any atom is -0.506 e. The van der Waals surface area contributed by atoms with Gasteiger partial charge >= 0.3 is 0 Å². The van der Waals surface area contributed by atoms with Crippen LogP contribution in [-0.4, -0.2) is 11.1 Å². The average molecular weight is 415 g/mol. The lowest BCUT2D eigenvalue weighted by molar-refractivity contribution is -0.0142. The van der Waals surface area contributed by atoms with Gasteiger partial charge in [0.15, 0.2) is 0 Å². The fraction of sp³-hybridized carbons (Fsp3) is 0.647. The van der Waals surface area contributed by atoms with Crippen LogP contribution >= 0.6 is 31.9 Å². The van der Waals surface area contributed by atoms with E-state index in [1.165, 1.54) is 37.7 Å². The molecule has 0 amide bonds. The molecule has 4 aliphatic carbocycles. The first kappa shape index (κ1) is 14.5. The van der Waals surface area contributed by atoms with Gasteiger partial charge in [-0.15, -0.1) is 0 Å². The zero-order valence-electron chi connectivity index (χ0n) is 12.0. The second kappa shape index (κ2) is 5.54. The van der Waals surface area contributed by atoms with Gasteiger partial charge in [0.1, 0.15) is 5.75 Å². The lowest BCUT2D eigenvalue weighted by Gasteiger charge is -2.54. The molecule has 0 heterocycles. The Morgan fingerprint density at radius 2 is 1.48 bits per heavy atom. The fourth-order valence-corrected chi connectivity index (χ4v) is 6.50. The Kier molecular flexibility index (Phi) is 3.83. The summed E-state index contributed by atoms with van der Waals surface area (Å²) in [5.41, 5.74) is 1.22. The number of aromatic hydroxyl groups is 1. The van der Waals surface area contributed by atoms with E-state index < -0.39 is 0 Å². The highest BCUT2D eigenvalue weighted by atomic mass is 79.9. The number of rotatable bonds is 3. The summed E-state index contributed by atoms with van der Waals surface area (Å²) in [5.74, 6) is 4.16. The highest BCUT2D eigenvalue weighted by Gasteiger charge is 2.47. The van der Waals surface area contributed by atoms with E-state index in [0.29, 0.717) is 6.04 Å². The Balaban J connectivity index is 1.45. The molecule has 1 aromatic carbocycles. The minimum atomic E-state index is 0.286. The van der Waals surface area contributed by atoms with Crippen molar-refractivity contribution in [2.75, 3.05) is 0 Å². The summed E-state index contributed by atoms with van der Waals surface area (Å²) in [6.07, 6.45) is 7.32. The third-order valence-corrected chi connectivity index (χ3v) is 7.05. The summed E-state index contributed by atoms with van der Waals surface area (Å²) in [6, 6.07) is 4.75. The number of hydrogen-bond acceptors (Lipinski definition) is 2. The Bertz CT molecular complexity index is 509. The molecule has 0 aliphatic heterocycles. The van der Waals surface area contributed by atoms with E-state index in [1.807, 2.05) is 12.1 Å². The summed E-state index contributed by atoms with van der Waals surface area (Å²) in [4.78, 5) is 0. The molecule has 5 rings (SSSR count). The van der Waals surface area contributed by atoms with E-state index in [9.17, 15) is 5.11 Å². The van der Waals surface area contributed by atoms with Crippen LogP contribution in [0.4, 0.5) is 0 Å². The molecular weight excluding hydrogens is 394 g/mol. The molecular formula is C17H21Br2NO. The Labute approximate surface area is 143 Å². The van der Waals surface area contributed by atoms with Crippen LogP contribution in [0.1, 0.15) is 37.7 Å². The van der Waals surface area contributed by atoms with Crippen molar-refractivity contribution in [3.05, 3.63) is 26.6 Å². The number of benzene rings is 1. The van der Waals surface area contributed by atoms with Gasteiger partial charge in [-0.2, -0.15) is 0 Å². The molecule has 114 valence electrons. The SMILES string of the molecule is Oc1c(Br)cc(CNC2C3CC4CC(C3)CC2C4)cc1Br. The smallest absolute Gasteiger partial charge is 0.143 e. The van der Waals surface area contributed by atoms with Crippen LogP contribution in [0.3, 0.4) is 0 Å². The van der Waals surface area contributed by atoms with E-state index >= 15 is 0 Å². The lowest BCUT2D eigenvalue weighted by Crippen LogP contribution is -2.54. The van der Waals surface area contributed by atoms with Gasteiger partial charge in [0.2, 0.25) is 0 Å². The molecule has 0 saturated heterocycles. The molecule has 4 heteroatoms. The average Bonchev–Trinajstić information content (AvgIpc) is 2.43. The zero-order valence-corrected chi connectivity index (χ0v) is 15.2. The molecule has 21 heavy (non-hydrogen) atoms. The van der Waals surface area contributed by atoms with E-state index in [2.05, 4.69) is 37.2 Å². The van der Waals surface area contributed by atoms with Crippen molar-refractivity contribution in [1.82, 2.24) is 5.32 Å². The first-order valence-electron chi connectivity index (χ1n) is 8.00. The summed E-state index contributed by atoms with van der Waals surface area (Å²) in [5, 5.41) is 13.6. The molecule has 0 radical (unpaired) electrons. The molecule has 0 aromatic heterocycles. The maximum absolute atomic E-state index is 9.80. The summed E-state index contributed by atoms with van der Waals surface area (Å²) in [7, 11) is 0. The number of hydrogen-bond donors (Lipinski definition) is 2. The zero-order chi connectivity index (χ0) is 14.6. The maximum Gasteiger partial charge on any atom is 0.143 e. The van der Waals surface area contributed by atoms with Crippen molar-refractivity contribution in [2.24, 2.45) is 23.7 Å². The van der Waals surface area contributed by atoms with Crippen molar-refractivity contribution in [1.29, 1.82) is 0 Å². The van der Waals surface area contributed by atoms with Crippen LogP contribution in [0.2, 0.25) is 0 Å². The quantitative estimate of drug-likeness (QED) is 0.742. The van der Waals surface area contributed by atoms with Crippen molar-refractivity contribution >= 4 is 31.9 Å². The van der Waals surface area contributed by atoms with Crippen molar-refractivity contribution in [3.63, 3.8) is 0 Å². The molecule has 0 atom stereocenters. The van der Waals surface area contributed by atoms with Gasteiger partial charge in [-0.05, 0) is 105 Å². The minimum absolute atomic E-state index is 0.286. The normalized spacial score (nSPS) is 37.1. The molecule has 4 aliphatic rings. The number of phenols is 1. The molecule has 2 N–H and O–H groups in total. The van der Waals surface area contributed by atoms with Gasteiger partial charge in [0, 0.05) is 12.6 Å². The van der Waals surface area contributed by atoms with E-state index in [4.69, 9.17) is 0 Å². The molecule has 1 aromatic rings. The Hall–Kier alpha value is -0.0600. The first-order valence-corrected chi connectivity index (χ1v) is 9.59. The standard InChI is InChI=1S/C17H21Br2NO/c18-14-6-11(7-15(19)17(14)21)8-20-16-12-2-9-1-10(4-12)5-13(16)3-9/h6-7,9-10,12-13,16,20-21H,1-5,8H2. The van der Waals surface area contributed by atoms with E-state index in [-0.39, 0.29) is 5.75 Å². The number of nitrogens with one attached hydrogen (secondary N) is 1. The van der Waals surface area contributed by atoms with Gasteiger partial charge < -0.3 is 10.4 Å². The first-order chi connectivity index (χ1) is 10.1. The summed E-state index contributed by atoms with van der Waals surface area (Å²) >= 11 is 6.83. The third-order valence-electron chi connectivity index (χ3n) is 5.85. The van der Waals surface area contributed by atoms with Gasteiger partial charge in [-0.1, -0.05) is 0 Å². The monoisotopic (exact) mass is 413 g/mol. The summed E-state index contributed by atoms with van der Waals surface area (Å²) in [6.45, 7) is 0.893. The number of halogens is 2. The van der Waals surface area contributed by atoms with Gasteiger partial charge in [0.05, 0.1) is 8.95 Å². The predicted octanol–water partition coefficient (Wildman–Crippen LogP) is 4.83. The van der Waals surface area contributed by atoms with Crippen LogP contribution in [0.5, 0.6) is 5.75 Å². The van der Waals surface area contributed by atoms with Crippen LogP contribution in [0.15, 0.2) is 21.1 Å². The van der Waals surface area contributed by atoms with Crippen molar-refractivity contribution in [2.45, 2.75) is 44.7 Å². The predicted molar refractivity (Wildman–Crippen MR) is 91.2 cm³/mol. The third kappa shape index (κ3) is 2.68. The number of phenolic OH excluding ortho intramolecular Hbond substituents is 1. The van der Waals surface area contributed by atoms with Crippen LogP contribution < -0.4 is 5.32 Å². The molecule has 0 unspecified atom stereocenters. The Morgan fingerprint density at radius 3 is 2.00 bits per heavy atom. The molecule has 4 fully saturated rings. The van der Waals surface area contributed by atoms with Crippen LogP contribution in [-0.2, 0) is 6.54 Å². The van der Waals surface area contributed by atoms with Gasteiger partial charge in [-0.3, -0.25) is 0 Å². The highest BCUT2D eigenvalue weighted by molar-refractivity contribution is 9.11. The molecule has 4 saturated carbocycles.